The largest absolute Gasteiger partial charge is 0.345 e. The first kappa shape index (κ1) is 24.8. The van der Waals surface area contributed by atoms with Gasteiger partial charge in [0.1, 0.15) is 0 Å². The van der Waals surface area contributed by atoms with Crippen molar-refractivity contribution >= 4 is 21.7 Å². The lowest BCUT2D eigenvalue weighted by Gasteiger charge is -2.31. The average Bonchev–Trinajstić information content (AvgIpc) is 2.88. The number of sulfonamides is 1. The van der Waals surface area contributed by atoms with Gasteiger partial charge in [-0.15, -0.1) is 0 Å². The van der Waals surface area contributed by atoms with E-state index in [1.807, 2.05) is 61.5 Å². The van der Waals surface area contributed by atoms with Crippen LogP contribution in [0.3, 0.4) is 0 Å². The second-order valence-electron chi connectivity index (χ2n) is 9.02. The highest BCUT2D eigenvalue weighted by Gasteiger charge is 2.33. The lowest BCUT2D eigenvalue weighted by atomic mass is 9.94. The number of aryl methyl sites for hydroxylation is 1. The standard InChI is InChI=1S/C28H30N2O4S/c1-20-8-10-24(11-9-20)27(23-6-4-3-5-7-23)29-28(32)25-16-18-30(19-17-25)35(33,34)26-14-12-22(13-15-26)21(2)31/h3-15,25,27H,16-19H2,1-2H3,(H,29,32). The third-order valence-corrected chi connectivity index (χ3v) is 8.47. The van der Waals surface area contributed by atoms with Gasteiger partial charge in [0.2, 0.25) is 15.9 Å². The fourth-order valence-corrected chi connectivity index (χ4v) is 5.86. The molecule has 0 bridgehead atoms. The number of benzene rings is 3. The molecular weight excluding hydrogens is 460 g/mol. The van der Waals surface area contributed by atoms with Crippen molar-refractivity contribution in [3.05, 3.63) is 101 Å². The van der Waals surface area contributed by atoms with E-state index in [-0.39, 0.29) is 41.6 Å². The Balaban J connectivity index is 1.44. The molecule has 1 saturated heterocycles. The minimum atomic E-state index is -3.68. The van der Waals surface area contributed by atoms with Crippen molar-refractivity contribution in [1.29, 1.82) is 0 Å². The van der Waals surface area contributed by atoms with Gasteiger partial charge in [-0.3, -0.25) is 9.59 Å². The molecule has 1 unspecified atom stereocenters. The number of hydrogen-bond acceptors (Lipinski definition) is 4. The zero-order valence-electron chi connectivity index (χ0n) is 20.0. The van der Waals surface area contributed by atoms with Crippen LogP contribution in [-0.2, 0) is 14.8 Å². The van der Waals surface area contributed by atoms with E-state index in [2.05, 4.69) is 5.32 Å². The smallest absolute Gasteiger partial charge is 0.243 e. The molecule has 0 radical (unpaired) electrons. The Morgan fingerprint density at radius 1 is 0.857 bits per heavy atom. The van der Waals surface area contributed by atoms with E-state index in [0.29, 0.717) is 18.4 Å². The number of hydrogen-bond donors (Lipinski definition) is 1. The van der Waals surface area contributed by atoms with Crippen LogP contribution in [0.4, 0.5) is 0 Å². The van der Waals surface area contributed by atoms with E-state index in [9.17, 15) is 18.0 Å². The summed E-state index contributed by atoms with van der Waals surface area (Å²) in [5, 5.41) is 3.20. The third kappa shape index (κ3) is 5.69. The van der Waals surface area contributed by atoms with Crippen LogP contribution in [0.1, 0.15) is 52.9 Å². The van der Waals surface area contributed by atoms with Crippen molar-refractivity contribution in [2.45, 2.75) is 37.6 Å². The summed E-state index contributed by atoms with van der Waals surface area (Å²) in [5.74, 6) is -0.444. The van der Waals surface area contributed by atoms with E-state index in [1.165, 1.54) is 35.5 Å². The van der Waals surface area contributed by atoms with Crippen LogP contribution in [0.15, 0.2) is 83.8 Å². The fraction of sp³-hybridized carbons (Fsp3) is 0.286. The maximum atomic E-state index is 13.2. The van der Waals surface area contributed by atoms with Crippen molar-refractivity contribution < 1.29 is 18.0 Å². The van der Waals surface area contributed by atoms with E-state index in [4.69, 9.17) is 0 Å². The molecule has 1 fully saturated rings. The van der Waals surface area contributed by atoms with Gasteiger partial charge in [0.25, 0.3) is 0 Å². The molecular formula is C28H30N2O4S. The highest BCUT2D eigenvalue weighted by molar-refractivity contribution is 7.89. The number of amides is 1. The predicted molar refractivity (Wildman–Crippen MR) is 136 cm³/mol. The molecule has 1 N–H and O–H groups in total. The van der Waals surface area contributed by atoms with Crippen molar-refractivity contribution in [1.82, 2.24) is 9.62 Å². The summed E-state index contributed by atoms with van der Waals surface area (Å²) < 4.78 is 27.5. The van der Waals surface area contributed by atoms with Crippen molar-refractivity contribution in [2.75, 3.05) is 13.1 Å². The highest BCUT2D eigenvalue weighted by atomic mass is 32.2. The van der Waals surface area contributed by atoms with E-state index >= 15 is 0 Å². The average molecular weight is 491 g/mol. The van der Waals surface area contributed by atoms with Crippen LogP contribution in [-0.4, -0.2) is 37.5 Å². The number of rotatable bonds is 7. The molecule has 3 aromatic rings. The molecule has 1 heterocycles. The molecule has 4 rings (SSSR count). The summed E-state index contributed by atoms with van der Waals surface area (Å²) in [4.78, 5) is 24.9. The summed E-state index contributed by atoms with van der Waals surface area (Å²) >= 11 is 0. The summed E-state index contributed by atoms with van der Waals surface area (Å²) in [6.07, 6.45) is 0.901. The van der Waals surface area contributed by atoms with Crippen LogP contribution in [0, 0.1) is 12.8 Å². The number of Topliss-reactive ketones (excluding diaryl/α,β-unsaturated/α-hetero) is 1. The quantitative estimate of drug-likeness (QED) is 0.494. The van der Waals surface area contributed by atoms with Crippen molar-refractivity contribution in [2.24, 2.45) is 5.92 Å². The maximum absolute atomic E-state index is 13.2. The lowest BCUT2D eigenvalue weighted by molar-refractivity contribution is -0.126. The van der Waals surface area contributed by atoms with E-state index in [0.717, 1.165) is 16.7 Å². The zero-order valence-corrected chi connectivity index (χ0v) is 20.8. The minimum Gasteiger partial charge on any atom is -0.345 e. The molecule has 3 aromatic carbocycles. The van der Waals surface area contributed by atoms with Gasteiger partial charge in [0.15, 0.2) is 5.78 Å². The van der Waals surface area contributed by atoms with Gasteiger partial charge >= 0.3 is 0 Å². The van der Waals surface area contributed by atoms with E-state index < -0.39 is 10.0 Å². The first-order valence-electron chi connectivity index (χ1n) is 11.8. The Morgan fingerprint density at radius 3 is 2.00 bits per heavy atom. The summed E-state index contributed by atoms with van der Waals surface area (Å²) in [7, 11) is -3.68. The normalized spacial score (nSPS) is 15.9. The van der Waals surface area contributed by atoms with Crippen LogP contribution >= 0.6 is 0 Å². The van der Waals surface area contributed by atoms with Crippen LogP contribution < -0.4 is 5.32 Å². The van der Waals surface area contributed by atoms with Crippen LogP contribution in [0.5, 0.6) is 0 Å². The SMILES string of the molecule is CC(=O)c1ccc(S(=O)(=O)N2CCC(C(=O)NC(c3ccccc3)c3ccc(C)cc3)CC2)cc1. The number of piperidine rings is 1. The molecule has 0 saturated carbocycles. The molecule has 0 spiro atoms. The van der Waals surface area contributed by atoms with Gasteiger partial charge in [-0.05, 0) is 49.9 Å². The van der Waals surface area contributed by atoms with Gasteiger partial charge < -0.3 is 5.32 Å². The molecule has 1 aliphatic heterocycles. The monoisotopic (exact) mass is 490 g/mol. The lowest BCUT2D eigenvalue weighted by Crippen LogP contribution is -2.43. The van der Waals surface area contributed by atoms with Crippen LogP contribution in [0.2, 0.25) is 0 Å². The summed E-state index contributed by atoms with van der Waals surface area (Å²) in [6, 6.07) is 23.7. The molecule has 6 nitrogen and oxygen atoms in total. The van der Waals surface area contributed by atoms with Crippen LogP contribution in [0.25, 0.3) is 0 Å². The molecule has 7 heteroatoms. The Labute approximate surface area is 207 Å². The maximum Gasteiger partial charge on any atom is 0.243 e. The molecule has 0 aromatic heterocycles. The third-order valence-electron chi connectivity index (χ3n) is 6.55. The predicted octanol–water partition coefficient (Wildman–Crippen LogP) is 4.50. The van der Waals surface area contributed by atoms with Gasteiger partial charge in [0.05, 0.1) is 10.9 Å². The molecule has 1 aliphatic rings. The molecule has 35 heavy (non-hydrogen) atoms. The number of ketones is 1. The molecule has 0 aliphatic carbocycles. The highest BCUT2D eigenvalue weighted by Crippen LogP contribution is 2.27. The Hall–Kier alpha value is -3.29. The second-order valence-corrected chi connectivity index (χ2v) is 11.0. The molecule has 1 amide bonds. The topological polar surface area (TPSA) is 83.6 Å². The van der Waals surface area contributed by atoms with Gasteiger partial charge in [-0.2, -0.15) is 4.31 Å². The number of carbonyl (C=O) groups excluding carboxylic acids is 2. The Kier molecular flexibility index (Phi) is 7.48. The fourth-order valence-electron chi connectivity index (χ4n) is 4.39. The first-order valence-corrected chi connectivity index (χ1v) is 13.2. The van der Waals surface area contributed by atoms with Gasteiger partial charge in [-0.1, -0.05) is 72.3 Å². The summed E-state index contributed by atoms with van der Waals surface area (Å²) in [5.41, 5.74) is 3.63. The van der Waals surface area contributed by atoms with E-state index in [1.54, 1.807) is 0 Å². The number of nitrogens with zero attached hydrogens (tertiary/aromatic N) is 1. The summed E-state index contributed by atoms with van der Waals surface area (Å²) in [6.45, 7) is 4.02. The first-order chi connectivity index (χ1) is 16.8. The second kappa shape index (κ2) is 10.5. The zero-order chi connectivity index (χ0) is 25.0. The number of carbonyl (C=O) groups is 2. The molecule has 1 atom stereocenters. The Morgan fingerprint density at radius 2 is 1.43 bits per heavy atom. The Bertz CT molecular complexity index is 1280. The van der Waals surface area contributed by atoms with Crippen molar-refractivity contribution in [3.63, 3.8) is 0 Å². The number of nitrogens with one attached hydrogen (secondary N) is 1. The molecule has 182 valence electrons. The van der Waals surface area contributed by atoms with Gasteiger partial charge in [-0.25, -0.2) is 8.42 Å². The van der Waals surface area contributed by atoms with Crippen molar-refractivity contribution in [3.8, 4) is 0 Å². The minimum absolute atomic E-state index is 0.0673. The van der Waals surface area contributed by atoms with Gasteiger partial charge in [0, 0.05) is 24.6 Å².